The summed E-state index contributed by atoms with van der Waals surface area (Å²) in [7, 11) is -4.62. The van der Waals surface area contributed by atoms with E-state index in [0.717, 1.165) is 6.29 Å². The molecule has 31 heavy (non-hydrogen) atoms. The SMILES string of the molecule is CC(C)(C)[Si](C)(C)OC1C(O[Si](C)(C)C(C)(C)C)[C@@H](C=O)O[C@H]1n1ccc(=O)[nH]c1=O. The molecule has 1 aromatic heterocycles. The predicted octanol–water partition coefficient (Wildman–Crippen LogP) is 3.41. The molecule has 0 radical (unpaired) electrons. The zero-order chi connectivity index (χ0) is 24.0. The molecule has 10 heteroatoms. The lowest BCUT2D eigenvalue weighted by Gasteiger charge is -2.43. The van der Waals surface area contributed by atoms with Gasteiger partial charge in [-0.1, -0.05) is 41.5 Å². The maximum absolute atomic E-state index is 12.5. The molecule has 2 heterocycles. The Hall–Kier alpha value is -1.34. The largest absolute Gasteiger partial charge is 0.408 e. The van der Waals surface area contributed by atoms with Crippen LogP contribution in [0.15, 0.2) is 21.9 Å². The number of hydrogen-bond acceptors (Lipinski definition) is 6. The Morgan fingerprint density at radius 3 is 1.87 bits per heavy atom. The van der Waals surface area contributed by atoms with Gasteiger partial charge in [-0.05, 0) is 36.3 Å². The maximum Gasteiger partial charge on any atom is 0.330 e. The summed E-state index contributed by atoms with van der Waals surface area (Å²) in [4.78, 5) is 38.4. The number of rotatable bonds is 6. The molecule has 0 spiro atoms. The molecule has 1 saturated heterocycles. The fourth-order valence-corrected chi connectivity index (χ4v) is 5.51. The van der Waals surface area contributed by atoms with E-state index >= 15 is 0 Å². The van der Waals surface area contributed by atoms with Gasteiger partial charge in [0.15, 0.2) is 29.1 Å². The van der Waals surface area contributed by atoms with Gasteiger partial charge in [-0.2, -0.15) is 0 Å². The van der Waals surface area contributed by atoms with Gasteiger partial charge in [0.1, 0.15) is 18.3 Å². The van der Waals surface area contributed by atoms with E-state index in [9.17, 15) is 14.4 Å². The first kappa shape index (κ1) is 25.9. The molecule has 0 saturated carbocycles. The lowest BCUT2D eigenvalue weighted by Crippen LogP contribution is -2.54. The molecule has 1 fully saturated rings. The van der Waals surface area contributed by atoms with E-state index in [1.165, 1.54) is 16.8 Å². The lowest BCUT2D eigenvalue weighted by atomic mass is 10.1. The van der Waals surface area contributed by atoms with Crippen LogP contribution in [0.5, 0.6) is 0 Å². The van der Waals surface area contributed by atoms with Crippen molar-refractivity contribution in [1.82, 2.24) is 9.55 Å². The van der Waals surface area contributed by atoms with Crippen molar-refractivity contribution in [3.05, 3.63) is 33.1 Å². The molecule has 176 valence electrons. The number of aldehydes is 1. The summed E-state index contributed by atoms with van der Waals surface area (Å²) >= 11 is 0. The number of H-pyrrole nitrogens is 1. The Kier molecular flexibility index (Phi) is 7.15. The fourth-order valence-electron chi connectivity index (χ4n) is 2.92. The Morgan fingerprint density at radius 1 is 0.968 bits per heavy atom. The maximum atomic E-state index is 12.5. The number of aromatic nitrogens is 2. The molecule has 1 N–H and O–H groups in total. The van der Waals surface area contributed by atoms with Crippen LogP contribution in [0.2, 0.25) is 36.3 Å². The number of carbonyl (C=O) groups excluding carboxylic acids is 1. The van der Waals surface area contributed by atoms with Crippen LogP contribution in [0.3, 0.4) is 0 Å². The molecule has 4 atom stereocenters. The molecule has 0 bridgehead atoms. The minimum Gasteiger partial charge on any atom is -0.408 e. The first-order chi connectivity index (χ1) is 13.9. The third-order valence-electron chi connectivity index (χ3n) is 6.96. The van der Waals surface area contributed by atoms with Gasteiger partial charge in [-0.15, -0.1) is 0 Å². The van der Waals surface area contributed by atoms with Crippen LogP contribution in [0.4, 0.5) is 0 Å². The summed E-state index contributed by atoms with van der Waals surface area (Å²) in [5, 5.41) is -0.191. The van der Waals surface area contributed by atoms with Gasteiger partial charge in [-0.3, -0.25) is 14.3 Å². The number of carbonyl (C=O) groups is 1. The number of ether oxygens (including phenoxy) is 1. The summed E-state index contributed by atoms with van der Waals surface area (Å²) in [5.74, 6) is 0. The monoisotopic (exact) mass is 470 g/mol. The van der Waals surface area contributed by atoms with Crippen LogP contribution in [-0.2, 0) is 18.4 Å². The van der Waals surface area contributed by atoms with Crippen molar-refractivity contribution >= 4 is 22.9 Å². The van der Waals surface area contributed by atoms with E-state index in [1.54, 1.807) is 0 Å². The van der Waals surface area contributed by atoms with Crippen molar-refractivity contribution in [2.45, 2.75) is 102 Å². The second-order valence-corrected chi connectivity index (χ2v) is 20.8. The second kappa shape index (κ2) is 8.55. The zero-order valence-corrected chi connectivity index (χ0v) is 22.4. The standard InChI is InChI=1S/C21H38N2O6Si2/c1-20(2,3)30(7,8)28-16-14(13-24)27-18(23-12-11-15(25)22-19(23)26)17(16)29-31(9,10)21(4,5)6/h11-14,16-18H,1-10H3,(H,22,25,26)/t14-,16?,17?,18-/m1/s1. The third kappa shape index (κ3) is 5.36. The van der Waals surface area contributed by atoms with E-state index in [2.05, 4.69) is 72.7 Å². The molecule has 0 amide bonds. The van der Waals surface area contributed by atoms with E-state index < -0.39 is 52.4 Å². The van der Waals surface area contributed by atoms with Crippen molar-refractivity contribution in [2.24, 2.45) is 0 Å². The fraction of sp³-hybridized carbons (Fsp3) is 0.762. The molecule has 8 nitrogen and oxygen atoms in total. The molecule has 0 aliphatic carbocycles. The van der Waals surface area contributed by atoms with Crippen LogP contribution in [0, 0.1) is 0 Å². The van der Waals surface area contributed by atoms with Crippen LogP contribution >= 0.6 is 0 Å². The Bertz CT molecular complexity index is 910. The van der Waals surface area contributed by atoms with Crippen LogP contribution < -0.4 is 11.2 Å². The quantitative estimate of drug-likeness (QED) is 0.505. The smallest absolute Gasteiger partial charge is 0.330 e. The summed E-state index contributed by atoms with van der Waals surface area (Å²) in [6, 6.07) is 1.26. The average molecular weight is 471 g/mol. The zero-order valence-electron chi connectivity index (χ0n) is 20.4. The average Bonchev–Trinajstić information content (AvgIpc) is 2.89. The van der Waals surface area contributed by atoms with E-state index in [0.29, 0.717) is 0 Å². The topological polar surface area (TPSA) is 99.6 Å². The molecule has 1 aliphatic rings. The molecule has 1 aliphatic heterocycles. The highest BCUT2D eigenvalue weighted by Crippen LogP contribution is 2.45. The van der Waals surface area contributed by atoms with Gasteiger partial charge in [-0.25, -0.2) is 4.79 Å². The Morgan fingerprint density at radius 2 is 1.45 bits per heavy atom. The van der Waals surface area contributed by atoms with Crippen molar-refractivity contribution in [2.75, 3.05) is 0 Å². The van der Waals surface area contributed by atoms with Crippen LogP contribution in [0.1, 0.15) is 47.8 Å². The third-order valence-corrected chi connectivity index (χ3v) is 15.9. The summed E-state index contributed by atoms with van der Waals surface area (Å²) in [6.07, 6.45) is -0.998. The summed E-state index contributed by atoms with van der Waals surface area (Å²) in [5.41, 5.74) is -1.11. The highest BCUT2D eigenvalue weighted by Gasteiger charge is 2.54. The van der Waals surface area contributed by atoms with Crippen LogP contribution in [-0.4, -0.2) is 50.8 Å². The number of aromatic amines is 1. The predicted molar refractivity (Wildman–Crippen MR) is 125 cm³/mol. The van der Waals surface area contributed by atoms with E-state index in [1.807, 2.05) is 0 Å². The highest BCUT2D eigenvalue weighted by atomic mass is 28.4. The lowest BCUT2D eigenvalue weighted by molar-refractivity contribution is -0.122. The molecule has 0 aromatic carbocycles. The van der Waals surface area contributed by atoms with Gasteiger partial charge in [0, 0.05) is 12.3 Å². The Labute approximate surface area is 186 Å². The normalized spacial score (nSPS) is 25.6. The van der Waals surface area contributed by atoms with Crippen LogP contribution in [0.25, 0.3) is 0 Å². The second-order valence-electron chi connectivity index (χ2n) is 11.3. The number of nitrogens with one attached hydrogen (secondary N) is 1. The van der Waals surface area contributed by atoms with Gasteiger partial charge in [0.25, 0.3) is 5.56 Å². The first-order valence-corrected chi connectivity index (χ1v) is 16.5. The van der Waals surface area contributed by atoms with Crippen molar-refractivity contribution in [3.63, 3.8) is 0 Å². The van der Waals surface area contributed by atoms with Crippen molar-refractivity contribution in [3.8, 4) is 0 Å². The number of nitrogens with zero attached hydrogens (tertiary/aromatic N) is 1. The van der Waals surface area contributed by atoms with E-state index in [-0.39, 0.29) is 10.1 Å². The molecular formula is C21H38N2O6Si2. The van der Waals surface area contributed by atoms with Gasteiger partial charge in [0.05, 0.1) is 0 Å². The summed E-state index contributed by atoms with van der Waals surface area (Å²) < 4.78 is 20.7. The Balaban J connectivity index is 2.58. The number of hydrogen-bond donors (Lipinski definition) is 1. The van der Waals surface area contributed by atoms with Gasteiger partial charge >= 0.3 is 5.69 Å². The first-order valence-electron chi connectivity index (χ1n) is 10.7. The molecule has 1 aromatic rings. The minimum absolute atomic E-state index is 0.0884. The molecular weight excluding hydrogens is 432 g/mol. The highest BCUT2D eigenvalue weighted by molar-refractivity contribution is 6.74. The van der Waals surface area contributed by atoms with Gasteiger partial charge in [0.2, 0.25) is 0 Å². The summed E-state index contributed by atoms with van der Waals surface area (Å²) in [6.45, 7) is 21.2. The molecule has 2 rings (SSSR count). The minimum atomic E-state index is -2.33. The van der Waals surface area contributed by atoms with Gasteiger partial charge < -0.3 is 18.4 Å². The van der Waals surface area contributed by atoms with Crippen molar-refractivity contribution < 1.29 is 18.4 Å². The van der Waals surface area contributed by atoms with Crippen molar-refractivity contribution in [1.29, 1.82) is 0 Å². The molecule has 2 unspecified atom stereocenters. The van der Waals surface area contributed by atoms with E-state index in [4.69, 9.17) is 13.6 Å².